The number of halogens is 3. The van der Waals surface area contributed by atoms with Crippen LogP contribution in [0.2, 0.25) is 15.3 Å². The number of hydrogen-bond donors (Lipinski definition) is 1. The summed E-state index contributed by atoms with van der Waals surface area (Å²) < 4.78 is 0. The second kappa shape index (κ2) is 5.57. The molecule has 0 atom stereocenters. The highest BCUT2D eigenvalue weighted by atomic mass is 35.5. The molecule has 0 bridgehead atoms. The van der Waals surface area contributed by atoms with Crippen LogP contribution in [-0.4, -0.2) is 9.97 Å². The van der Waals surface area contributed by atoms with Crippen molar-refractivity contribution in [2.75, 3.05) is 5.73 Å². The molecular formula is C12H8Cl3N3. The molecule has 1 aromatic heterocycles. The quantitative estimate of drug-likeness (QED) is 0.846. The van der Waals surface area contributed by atoms with Gasteiger partial charge in [0.05, 0.1) is 0 Å². The predicted octanol–water partition coefficient (Wildman–Crippen LogP) is 4.19. The van der Waals surface area contributed by atoms with E-state index >= 15 is 0 Å². The van der Waals surface area contributed by atoms with Crippen LogP contribution in [0, 0.1) is 0 Å². The van der Waals surface area contributed by atoms with Crippen LogP contribution in [0.3, 0.4) is 0 Å². The molecule has 0 unspecified atom stereocenters. The highest BCUT2D eigenvalue weighted by Crippen LogP contribution is 2.25. The fourth-order valence-electron chi connectivity index (χ4n) is 1.35. The summed E-state index contributed by atoms with van der Waals surface area (Å²) in [6, 6.07) is 7.41. The number of nitrogens with zero attached hydrogens (tertiary/aromatic N) is 2. The zero-order chi connectivity index (χ0) is 13.1. The topological polar surface area (TPSA) is 51.8 Å². The average Bonchev–Trinajstić information content (AvgIpc) is 2.30. The molecule has 0 aliphatic rings. The van der Waals surface area contributed by atoms with Gasteiger partial charge in [-0.15, -0.1) is 0 Å². The van der Waals surface area contributed by atoms with Crippen molar-refractivity contribution in [3.05, 3.63) is 50.7 Å². The van der Waals surface area contributed by atoms with Gasteiger partial charge in [0.15, 0.2) is 0 Å². The zero-order valence-electron chi connectivity index (χ0n) is 9.07. The summed E-state index contributed by atoms with van der Waals surface area (Å²) in [5.41, 5.74) is 6.78. The van der Waals surface area contributed by atoms with Crippen molar-refractivity contribution in [1.82, 2.24) is 9.97 Å². The van der Waals surface area contributed by atoms with E-state index in [4.69, 9.17) is 40.5 Å². The molecule has 0 aliphatic carbocycles. The lowest BCUT2D eigenvalue weighted by Crippen LogP contribution is -1.97. The van der Waals surface area contributed by atoms with Crippen LogP contribution >= 0.6 is 34.8 Å². The lowest BCUT2D eigenvalue weighted by atomic mass is 10.2. The Morgan fingerprint density at radius 1 is 0.944 bits per heavy atom. The van der Waals surface area contributed by atoms with Crippen molar-refractivity contribution >= 4 is 52.9 Å². The van der Waals surface area contributed by atoms with E-state index in [1.807, 2.05) is 18.2 Å². The molecule has 18 heavy (non-hydrogen) atoms. The maximum absolute atomic E-state index is 6.03. The smallest absolute Gasteiger partial charge is 0.222 e. The lowest BCUT2D eigenvalue weighted by Gasteiger charge is -2.02. The Kier molecular flexibility index (Phi) is 4.07. The first kappa shape index (κ1) is 13.1. The van der Waals surface area contributed by atoms with Gasteiger partial charge in [-0.25, -0.2) is 9.97 Å². The molecule has 2 aromatic rings. The summed E-state index contributed by atoms with van der Waals surface area (Å²) in [7, 11) is 0. The van der Waals surface area contributed by atoms with Gasteiger partial charge in [0.1, 0.15) is 10.3 Å². The monoisotopic (exact) mass is 299 g/mol. The Balaban J connectivity index is 2.38. The molecule has 1 heterocycles. The molecule has 0 aliphatic heterocycles. The normalized spacial score (nSPS) is 11.1. The Morgan fingerprint density at radius 3 is 2.17 bits per heavy atom. The number of hydrogen-bond acceptors (Lipinski definition) is 3. The third-order valence-corrected chi connectivity index (χ3v) is 3.13. The summed E-state index contributed by atoms with van der Waals surface area (Å²) in [6.45, 7) is 0. The lowest BCUT2D eigenvalue weighted by molar-refractivity contribution is 1.18. The number of nitrogens with two attached hydrogens (primary N) is 1. The van der Waals surface area contributed by atoms with Crippen molar-refractivity contribution in [2.45, 2.75) is 0 Å². The zero-order valence-corrected chi connectivity index (χ0v) is 11.3. The number of benzene rings is 1. The van der Waals surface area contributed by atoms with E-state index in [0.29, 0.717) is 10.6 Å². The maximum Gasteiger partial charge on any atom is 0.222 e. The summed E-state index contributed by atoms with van der Waals surface area (Å²) in [5.74, 6) is 0.0416. The molecule has 0 saturated carbocycles. The van der Waals surface area contributed by atoms with Crippen LogP contribution in [-0.2, 0) is 0 Å². The van der Waals surface area contributed by atoms with Gasteiger partial charge in [0.25, 0.3) is 0 Å². The van der Waals surface area contributed by atoms with Crippen LogP contribution in [0.15, 0.2) is 24.3 Å². The van der Waals surface area contributed by atoms with E-state index in [9.17, 15) is 0 Å². The average molecular weight is 301 g/mol. The minimum atomic E-state index is 0.0416. The van der Waals surface area contributed by atoms with E-state index in [2.05, 4.69) is 9.97 Å². The minimum absolute atomic E-state index is 0.0416. The highest BCUT2D eigenvalue weighted by molar-refractivity contribution is 6.36. The van der Waals surface area contributed by atoms with Gasteiger partial charge in [-0.1, -0.05) is 59.1 Å². The molecule has 2 rings (SSSR count). The van der Waals surface area contributed by atoms with Gasteiger partial charge < -0.3 is 5.73 Å². The minimum Gasteiger partial charge on any atom is -0.368 e. The molecule has 0 saturated heterocycles. The Morgan fingerprint density at radius 2 is 1.56 bits per heavy atom. The SMILES string of the molecule is Nc1nc(Cl)c(C=Cc2ccccc2Cl)c(Cl)n1. The van der Waals surface area contributed by atoms with Crippen LogP contribution in [0.5, 0.6) is 0 Å². The van der Waals surface area contributed by atoms with Crippen molar-refractivity contribution in [1.29, 1.82) is 0 Å². The molecule has 92 valence electrons. The second-order valence-electron chi connectivity index (χ2n) is 3.43. The van der Waals surface area contributed by atoms with Gasteiger partial charge in [0.2, 0.25) is 5.95 Å². The Hall–Kier alpha value is -1.29. The summed E-state index contributed by atoms with van der Waals surface area (Å²) in [4.78, 5) is 7.67. The first-order valence-electron chi connectivity index (χ1n) is 4.99. The Labute approximate surface area is 119 Å². The van der Waals surface area contributed by atoms with Crippen LogP contribution < -0.4 is 5.73 Å². The van der Waals surface area contributed by atoms with Crippen molar-refractivity contribution in [3.8, 4) is 0 Å². The van der Waals surface area contributed by atoms with E-state index < -0.39 is 0 Å². The van der Waals surface area contributed by atoms with E-state index in [1.165, 1.54) is 0 Å². The first-order valence-corrected chi connectivity index (χ1v) is 6.12. The summed E-state index contributed by atoms with van der Waals surface area (Å²) >= 11 is 17.9. The van der Waals surface area contributed by atoms with E-state index in [-0.39, 0.29) is 16.3 Å². The van der Waals surface area contributed by atoms with Crippen LogP contribution in [0.4, 0.5) is 5.95 Å². The van der Waals surface area contributed by atoms with Gasteiger partial charge in [-0.3, -0.25) is 0 Å². The van der Waals surface area contributed by atoms with Crippen molar-refractivity contribution in [3.63, 3.8) is 0 Å². The van der Waals surface area contributed by atoms with Crippen molar-refractivity contribution in [2.24, 2.45) is 0 Å². The number of aromatic nitrogens is 2. The fourth-order valence-corrected chi connectivity index (χ4v) is 2.08. The molecule has 0 fully saturated rings. The number of rotatable bonds is 2. The summed E-state index contributed by atoms with van der Waals surface area (Å²) in [6.07, 6.45) is 3.49. The molecule has 3 nitrogen and oxygen atoms in total. The Bertz CT molecular complexity index is 588. The van der Waals surface area contributed by atoms with E-state index in [1.54, 1.807) is 18.2 Å². The number of nitrogen functional groups attached to an aromatic ring is 1. The predicted molar refractivity (Wildman–Crippen MR) is 76.8 cm³/mol. The van der Waals surface area contributed by atoms with Gasteiger partial charge >= 0.3 is 0 Å². The van der Waals surface area contributed by atoms with Crippen molar-refractivity contribution < 1.29 is 0 Å². The highest BCUT2D eigenvalue weighted by Gasteiger charge is 2.07. The molecule has 0 spiro atoms. The second-order valence-corrected chi connectivity index (χ2v) is 4.56. The third-order valence-electron chi connectivity index (χ3n) is 2.20. The van der Waals surface area contributed by atoms with Crippen LogP contribution in [0.1, 0.15) is 11.1 Å². The summed E-state index contributed by atoms with van der Waals surface area (Å²) in [5, 5.41) is 1.05. The largest absolute Gasteiger partial charge is 0.368 e. The molecule has 0 amide bonds. The number of anilines is 1. The van der Waals surface area contributed by atoms with Gasteiger partial charge in [-0.05, 0) is 17.7 Å². The molecule has 6 heteroatoms. The third kappa shape index (κ3) is 2.93. The molecule has 2 N–H and O–H groups in total. The van der Waals surface area contributed by atoms with E-state index in [0.717, 1.165) is 5.56 Å². The fraction of sp³-hybridized carbons (Fsp3) is 0. The van der Waals surface area contributed by atoms with Gasteiger partial charge in [-0.2, -0.15) is 0 Å². The molecule has 0 radical (unpaired) electrons. The first-order chi connectivity index (χ1) is 8.58. The molecule has 1 aromatic carbocycles. The van der Waals surface area contributed by atoms with Crippen LogP contribution in [0.25, 0.3) is 12.2 Å². The molecular weight excluding hydrogens is 293 g/mol. The van der Waals surface area contributed by atoms with Gasteiger partial charge in [0, 0.05) is 10.6 Å². The standard InChI is InChI=1S/C12H8Cl3N3/c13-9-4-2-1-3-7(9)5-6-8-10(14)17-12(16)18-11(8)15/h1-6H,(H2,16,17,18). The maximum atomic E-state index is 6.03.